The minimum atomic E-state index is -0.510. The van der Waals surface area contributed by atoms with Crippen LogP contribution < -0.4 is 5.32 Å². The third kappa shape index (κ3) is 7.47. The zero-order chi connectivity index (χ0) is 21.4. The van der Waals surface area contributed by atoms with Crippen LogP contribution in [0.15, 0.2) is 60.7 Å². The summed E-state index contributed by atoms with van der Waals surface area (Å²) in [4.78, 5) is 12.2. The molecule has 1 N–H and O–H groups in total. The number of benzene rings is 2. The number of alkyl carbamates (subject to hydrolysis) is 1. The first-order valence-corrected chi connectivity index (χ1v) is 10.7. The van der Waals surface area contributed by atoms with Gasteiger partial charge in [-0.1, -0.05) is 60.7 Å². The van der Waals surface area contributed by atoms with Gasteiger partial charge in [-0.3, -0.25) is 0 Å². The molecule has 1 fully saturated rings. The van der Waals surface area contributed by atoms with E-state index in [-0.39, 0.29) is 24.2 Å². The molecule has 0 heterocycles. The van der Waals surface area contributed by atoms with Gasteiger partial charge in [0.15, 0.2) is 0 Å². The van der Waals surface area contributed by atoms with E-state index in [1.54, 1.807) is 0 Å². The summed E-state index contributed by atoms with van der Waals surface area (Å²) in [6.07, 6.45) is 1.22. The summed E-state index contributed by atoms with van der Waals surface area (Å²) in [7, 11) is 0. The van der Waals surface area contributed by atoms with E-state index in [9.17, 15) is 4.79 Å². The number of nitrogens with one attached hydrogen (secondary N) is 1. The molecule has 2 aromatic rings. The summed E-state index contributed by atoms with van der Waals surface area (Å²) in [5.41, 5.74) is 1.79. The Bertz CT molecular complexity index is 773. The second-order valence-corrected chi connectivity index (χ2v) is 8.91. The van der Waals surface area contributed by atoms with E-state index >= 15 is 0 Å². The highest BCUT2D eigenvalue weighted by molar-refractivity contribution is 5.68. The highest BCUT2D eigenvalue weighted by Gasteiger charge is 2.36. The first-order valence-electron chi connectivity index (χ1n) is 10.7. The van der Waals surface area contributed by atoms with Crippen LogP contribution in [0.25, 0.3) is 0 Å². The molecule has 30 heavy (non-hydrogen) atoms. The summed E-state index contributed by atoms with van der Waals surface area (Å²) in [6, 6.07) is 20.3. The summed E-state index contributed by atoms with van der Waals surface area (Å²) in [6.45, 7) is 7.33. The average molecular weight is 412 g/mol. The van der Waals surface area contributed by atoms with Crippen LogP contribution in [0.2, 0.25) is 0 Å². The molecule has 5 heteroatoms. The molecule has 1 aliphatic carbocycles. The first kappa shape index (κ1) is 22.3. The van der Waals surface area contributed by atoms with Gasteiger partial charge in [-0.05, 0) is 44.7 Å². The van der Waals surface area contributed by atoms with Crippen molar-refractivity contribution in [2.75, 3.05) is 6.61 Å². The molecule has 3 rings (SSSR count). The Morgan fingerprint density at radius 3 is 2.13 bits per heavy atom. The van der Waals surface area contributed by atoms with Crippen LogP contribution in [-0.2, 0) is 27.4 Å². The number of hydrogen-bond acceptors (Lipinski definition) is 4. The van der Waals surface area contributed by atoms with Crippen molar-refractivity contribution >= 4 is 6.09 Å². The fraction of sp³-hybridized carbons (Fsp3) is 0.480. The van der Waals surface area contributed by atoms with E-state index < -0.39 is 5.60 Å². The second-order valence-electron chi connectivity index (χ2n) is 8.91. The van der Waals surface area contributed by atoms with E-state index in [1.807, 2.05) is 57.2 Å². The van der Waals surface area contributed by atoms with Crippen molar-refractivity contribution in [3.05, 3.63) is 71.8 Å². The normalized spacial score (nSPS) is 21.4. The molecule has 3 atom stereocenters. The van der Waals surface area contributed by atoms with Crippen LogP contribution in [0, 0.1) is 5.92 Å². The zero-order valence-corrected chi connectivity index (χ0v) is 18.2. The van der Waals surface area contributed by atoms with Crippen LogP contribution in [0.4, 0.5) is 4.79 Å². The lowest BCUT2D eigenvalue weighted by Crippen LogP contribution is -2.38. The minimum absolute atomic E-state index is 0.0194. The number of amides is 1. The molecule has 162 valence electrons. The lowest BCUT2D eigenvalue weighted by atomic mass is 10.1. The highest BCUT2D eigenvalue weighted by atomic mass is 16.6. The van der Waals surface area contributed by atoms with E-state index in [0.717, 1.165) is 24.0 Å². The predicted octanol–water partition coefficient (Wildman–Crippen LogP) is 5.09. The maximum atomic E-state index is 12.2. The lowest BCUT2D eigenvalue weighted by molar-refractivity contribution is -0.0189. The standard InChI is InChI=1S/C25H33NO4/c1-25(2,3)30-24(27)26-22-14-21(18-28-16-19-10-6-4-7-11-19)23(15-22)29-17-20-12-8-5-9-13-20/h4-13,21-23H,14-18H2,1-3H3,(H,26,27)/t21-,22-,23+/m1/s1. The van der Waals surface area contributed by atoms with Crippen LogP contribution in [-0.4, -0.2) is 30.4 Å². The van der Waals surface area contributed by atoms with E-state index in [0.29, 0.717) is 19.8 Å². The Balaban J connectivity index is 1.55. The van der Waals surface area contributed by atoms with Crippen LogP contribution in [0.5, 0.6) is 0 Å². The molecule has 0 radical (unpaired) electrons. The minimum Gasteiger partial charge on any atom is -0.444 e. The average Bonchev–Trinajstić information content (AvgIpc) is 3.08. The molecule has 1 amide bonds. The smallest absolute Gasteiger partial charge is 0.407 e. The molecule has 2 aromatic carbocycles. The highest BCUT2D eigenvalue weighted by Crippen LogP contribution is 2.30. The Morgan fingerprint density at radius 2 is 1.53 bits per heavy atom. The Labute approximate surface area is 179 Å². The Morgan fingerprint density at radius 1 is 0.933 bits per heavy atom. The van der Waals surface area contributed by atoms with E-state index in [1.165, 1.54) is 0 Å². The van der Waals surface area contributed by atoms with Crippen molar-refractivity contribution < 1.29 is 19.0 Å². The molecule has 1 aliphatic rings. The summed E-state index contributed by atoms with van der Waals surface area (Å²) in [5, 5.41) is 3.00. The number of rotatable bonds is 8. The van der Waals surface area contributed by atoms with Gasteiger partial charge in [-0.2, -0.15) is 0 Å². The molecule has 0 aromatic heterocycles. The lowest BCUT2D eigenvalue weighted by Gasteiger charge is -2.21. The number of carbonyl (C=O) groups excluding carboxylic acids is 1. The van der Waals surface area contributed by atoms with Crippen molar-refractivity contribution in [1.82, 2.24) is 5.32 Å². The Kier molecular flexibility index (Phi) is 7.88. The maximum Gasteiger partial charge on any atom is 0.407 e. The van der Waals surface area contributed by atoms with Gasteiger partial charge in [-0.25, -0.2) is 4.79 Å². The van der Waals surface area contributed by atoms with Crippen molar-refractivity contribution in [1.29, 1.82) is 0 Å². The summed E-state index contributed by atoms with van der Waals surface area (Å²) >= 11 is 0. The number of carbonyl (C=O) groups is 1. The summed E-state index contributed by atoms with van der Waals surface area (Å²) < 4.78 is 17.7. The predicted molar refractivity (Wildman–Crippen MR) is 117 cm³/mol. The van der Waals surface area contributed by atoms with Crippen molar-refractivity contribution in [3.63, 3.8) is 0 Å². The Hall–Kier alpha value is -2.37. The van der Waals surface area contributed by atoms with Crippen LogP contribution in [0.1, 0.15) is 44.7 Å². The van der Waals surface area contributed by atoms with Gasteiger partial charge in [0.2, 0.25) is 0 Å². The van der Waals surface area contributed by atoms with E-state index in [2.05, 4.69) is 29.6 Å². The fourth-order valence-corrected chi connectivity index (χ4v) is 3.74. The molecule has 0 unspecified atom stereocenters. The fourth-order valence-electron chi connectivity index (χ4n) is 3.74. The largest absolute Gasteiger partial charge is 0.444 e. The van der Waals surface area contributed by atoms with Gasteiger partial charge in [0, 0.05) is 12.0 Å². The molecular formula is C25H33NO4. The van der Waals surface area contributed by atoms with Crippen LogP contribution >= 0.6 is 0 Å². The van der Waals surface area contributed by atoms with Gasteiger partial charge in [0.1, 0.15) is 5.60 Å². The van der Waals surface area contributed by atoms with Gasteiger partial charge in [0.25, 0.3) is 0 Å². The maximum absolute atomic E-state index is 12.2. The third-order valence-corrected chi connectivity index (χ3v) is 5.10. The molecule has 0 aliphatic heterocycles. The molecular weight excluding hydrogens is 378 g/mol. The van der Waals surface area contributed by atoms with Crippen LogP contribution in [0.3, 0.4) is 0 Å². The molecule has 5 nitrogen and oxygen atoms in total. The molecule has 0 saturated heterocycles. The topological polar surface area (TPSA) is 56.8 Å². The van der Waals surface area contributed by atoms with Crippen molar-refractivity contribution in [3.8, 4) is 0 Å². The van der Waals surface area contributed by atoms with Gasteiger partial charge in [-0.15, -0.1) is 0 Å². The van der Waals surface area contributed by atoms with Gasteiger partial charge < -0.3 is 19.5 Å². The first-order chi connectivity index (χ1) is 14.4. The zero-order valence-electron chi connectivity index (χ0n) is 18.2. The number of hydrogen-bond donors (Lipinski definition) is 1. The third-order valence-electron chi connectivity index (χ3n) is 5.10. The monoisotopic (exact) mass is 411 g/mol. The quantitative estimate of drug-likeness (QED) is 0.657. The van der Waals surface area contributed by atoms with Crippen molar-refractivity contribution in [2.45, 2.75) is 64.6 Å². The number of ether oxygens (including phenoxy) is 3. The van der Waals surface area contributed by atoms with E-state index in [4.69, 9.17) is 14.2 Å². The van der Waals surface area contributed by atoms with Gasteiger partial charge in [0.05, 0.1) is 25.9 Å². The van der Waals surface area contributed by atoms with Crippen molar-refractivity contribution in [2.24, 2.45) is 5.92 Å². The second kappa shape index (κ2) is 10.6. The molecule has 1 saturated carbocycles. The van der Waals surface area contributed by atoms with Gasteiger partial charge >= 0.3 is 6.09 Å². The molecule has 0 bridgehead atoms. The molecule has 0 spiro atoms. The SMILES string of the molecule is CC(C)(C)OC(=O)N[C@@H]1C[C@H](COCc2ccccc2)[C@@H](OCc2ccccc2)C1. The summed E-state index contributed by atoms with van der Waals surface area (Å²) in [5.74, 6) is 0.220.